The summed E-state index contributed by atoms with van der Waals surface area (Å²) in [5.74, 6) is 2.20. The summed E-state index contributed by atoms with van der Waals surface area (Å²) < 4.78 is 12.0. The molecular weight excluding hydrogens is 211 g/mol. The molecule has 1 aliphatic carbocycles. The van der Waals surface area contributed by atoms with Crippen molar-refractivity contribution in [2.75, 3.05) is 0 Å². The lowest BCUT2D eigenvalue weighted by Crippen LogP contribution is -2.41. The molecule has 0 atom stereocenters. The zero-order valence-electron chi connectivity index (χ0n) is 12.1. The molecule has 0 radical (unpaired) electrons. The minimum Gasteiger partial charge on any atom is -0.400 e. The maximum Gasteiger partial charge on any atom is 0.487 e. The third-order valence-electron chi connectivity index (χ3n) is 4.47. The molecule has 0 aromatic heterocycles. The Morgan fingerprint density at radius 2 is 1.53 bits per heavy atom. The summed E-state index contributed by atoms with van der Waals surface area (Å²) >= 11 is 0. The van der Waals surface area contributed by atoms with E-state index in [-0.39, 0.29) is 18.3 Å². The van der Waals surface area contributed by atoms with Crippen LogP contribution in [0.15, 0.2) is 11.5 Å². The molecule has 1 heterocycles. The Labute approximate surface area is 106 Å². The molecule has 0 spiro atoms. The van der Waals surface area contributed by atoms with Crippen molar-refractivity contribution in [2.24, 2.45) is 5.41 Å². The average Bonchev–Trinajstić information content (AvgIpc) is 2.51. The molecule has 0 N–H and O–H groups in total. The molecule has 17 heavy (non-hydrogen) atoms. The molecule has 2 nitrogen and oxygen atoms in total. The van der Waals surface area contributed by atoms with Crippen LogP contribution in [0.2, 0.25) is 0 Å². The highest BCUT2D eigenvalue weighted by molar-refractivity contribution is 6.51. The highest BCUT2D eigenvalue weighted by Crippen LogP contribution is 2.42. The van der Waals surface area contributed by atoms with Crippen molar-refractivity contribution in [2.45, 2.75) is 72.0 Å². The second-order valence-electron chi connectivity index (χ2n) is 7.29. The molecule has 0 aromatic rings. The molecule has 96 valence electrons. The number of rotatable bonds is 1. The fraction of sp³-hybridized carbons (Fsp3) is 0.857. The minimum atomic E-state index is -0.219. The first-order valence-corrected chi connectivity index (χ1v) is 6.67. The molecule has 0 amide bonds. The first kappa shape index (κ1) is 13.2. The molecule has 3 heteroatoms. The zero-order chi connectivity index (χ0) is 12.9. The lowest BCUT2D eigenvalue weighted by Gasteiger charge is -2.32. The Hall–Kier alpha value is -0.275. The van der Waals surface area contributed by atoms with Gasteiger partial charge in [-0.25, -0.2) is 0 Å². The van der Waals surface area contributed by atoms with Gasteiger partial charge in [-0.3, -0.25) is 0 Å². The van der Waals surface area contributed by atoms with Crippen molar-refractivity contribution in [3.05, 3.63) is 11.5 Å². The second-order valence-corrected chi connectivity index (χ2v) is 7.29. The van der Waals surface area contributed by atoms with Gasteiger partial charge in [0.2, 0.25) is 0 Å². The van der Waals surface area contributed by atoms with Crippen molar-refractivity contribution in [1.29, 1.82) is 0 Å². The summed E-state index contributed by atoms with van der Waals surface area (Å²) in [6.07, 6.45) is 3.65. The average molecular weight is 236 g/mol. The standard InChI is InChI=1S/C14H25BO2/c1-12(2)8-7-11(9-12)10-15-16-13(3,4)14(5,6)17-15/h10H,7-9H2,1-6H3/b11-10-. The molecule has 1 aliphatic heterocycles. The monoisotopic (exact) mass is 236 g/mol. The van der Waals surface area contributed by atoms with Crippen LogP contribution in [0.25, 0.3) is 0 Å². The van der Waals surface area contributed by atoms with Crippen molar-refractivity contribution in [3.8, 4) is 0 Å². The number of hydrogen-bond donors (Lipinski definition) is 0. The van der Waals surface area contributed by atoms with Gasteiger partial charge in [-0.05, 0) is 52.4 Å². The van der Waals surface area contributed by atoms with Crippen LogP contribution in [-0.2, 0) is 9.31 Å². The Bertz CT molecular complexity index is 326. The van der Waals surface area contributed by atoms with Gasteiger partial charge in [0.1, 0.15) is 0 Å². The smallest absolute Gasteiger partial charge is 0.400 e. The van der Waals surface area contributed by atoms with Gasteiger partial charge in [0.05, 0.1) is 11.2 Å². The first-order chi connectivity index (χ1) is 7.61. The maximum absolute atomic E-state index is 6.00. The van der Waals surface area contributed by atoms with E-state index in [9.17, 15) is 0 Å². The van der Waals surface area contributed by atoms with Crippen molar-refractivity contribution < 1.29 is 9.31 Å². The Morgan fingerprint density at radius 3 is 1.94 bits per heavy atom. The summed E-state index contributed by atoms with van der Waals surface area (Å²) in [6.45, 7) is 13.1. The summed E-state index contributed by atoms with van der Waals surface area (Å²) in [5.41, 5.74) is 1.51. The molecule has 2 aliphatic rings. The molecule has 2 rings (SSSR count). The number of hydrogen-bond acceptors (Lipinski definition) is 2. The normalized spacial score (nSPS) is 32.4. The van der Waals surface area contributed by atoms with Gasteiger partial charge < -0.3 is 9.31 Å². The first-order valence-electron chi connectivity index (χ1n) is 6.67. The highest BCUT2D eigenvalue weighted by atomic mass is 16.7. The SMILES string of the molecule is CC1(C)CC/C(=C/B2OC(C)(C)C(C)(C)O2)C1. The van der Waals surface area contributed by atoms with Gasteiger partial charge in [-0.15, -0.1) is 0 Å². The lowest BCUT2D eigenvalue weighted by atomic mass is 9.85. The van der Waals surface area contributed by atoms with E-state index < -0.39 is 0 Å². The van der Waals surface area contributed by atoms with Crippen molar-refractivity contribution >= 4 is 7.12 Å². The lowest BCUT2D eigenvalue weighted by molar-refractivity contribution is 0.00578. The van der Waals surface area contributed by atoms with E-state index in [1.165, 1.54) is 24.8 Å². The van der Waals surface area contributed by atoms with E-state index in [0.717, 1.165) is 0 Å². The van der Waals surface area contributed by atoms with Crippen LogP contribution in [-0.4, -0.2) is 18.3 Å². The molecule has 0 bridgehead atoms. The largest absolute Gasteiger partial charge is 0.487 e. The van der Waals surface area contributed by atoms with Gasteiger partial charge in [0, 0.05) is 0 Å². The van der Waals surface area contributed by atoms with E-state index >= 15 is 0 Å². The summed E-state index contributed by atoms with van der Waals surface area (Å²) in [5, 5.41) is 0. The van der Waals surface area contributed by atoms with Crippen LogP contribution in [0.3, 0.4) is 0 Å². The fourth-order valence-corrected chi connectivity index (χ4v) is 2.58. The summed E-state index contributed by atoms with van der Waals surface area (Å²) in [7, 11) is -0.163. The molecule has 1 saturated carbocycles. The summed E-state index contributed by atoms with van der Waals surface area (Å²) in [6, 6.07) is 0. The van der Waals surface area contributed by atoms with E-state index in [2.05, 4.69) is 47.5 Å². The van der Waals surface area contributed by atoms with Gasteiger partial charge in [-0.2, -0.15) is 0 Å². The topological polar surface area (TPSA) is 18.5 Å². The third-order valence-corrected chi connectivity index (χ3v) is 4.47. The molecule has 0 unspecified atom stereocenters. The van der Waals surface area contributed by atoms with Crippen molar-refractivity contribution in [3.63, 3.8) is 0 Å². The second kappa shape index (κ2) is 3.86. The summed E-state index contributed by atoms with van der Waals surface area (Å²) in [4.78, 5) is 0. The van der Waals surface area contributed by atoms with E-state index in [0.29, 0.717) is 5.41 Å². The fourth-order valence-electron chi connectivity index (χ4n) is 2.58. The van der Waals surface area contributed by atoms with Crippen LogP contribution < -0.4 is 0 Å². The molecular formula is C14H25BO2. The van der Waals surface area contributed by atoms with E-state index in [4.69, 9.17) is 9.31 Å². The van der Waals surface area contributed by atoms with Gasteiger partial charge in [-0.1, -0.05) is 25.4 Å². The molecule has 2 fully saturated rings. The van der Waals surface area contributed by atoms with Crippen LogP contribution in [0.4, 0.5) is 0 Å². The number of allylic oxidation sites excluding steroid dienone is 1. The quantitative estimate of drug-likeness (QED) is 0.645. The zero-order valence-corrected chi connectivity index (χ0v) is 12.1. The maximum atomic E-state index is 6.00. The Morgan fingerprint density at radius 1 is 1.00 bits per heavy atom. The van der Waals surface area contributed by atoms with Crippen molar-refractivity contribution in [1.82, 2.24) is 0 Å². The minimum absolute atomic E-state index is 0.163. The van der Waals surface area contributed by atoms with Crippen LogP contribution in [0.5, 0.6) is 0 Å². The van der Waals surface area contributed by atoms with Gasteiger partial charge in [0.25, 0.3) is 0 Å². The third kappa shape index (κ3) is 2.60. The van der Waals surface area contributed by atoms with E-state index in [1.54, 1.807) is 0 Å². The van der Waals surface area contributed by atoms with Crippen LogP contribution in [0, 0.1) is 5.41 Å². The van der Waals surface area contributed by atoms with Crippen LogP contribution >= 0.6 is 0 Å². The predicted molar refractivity (Wildman–Crippen MR) is 71.8 cm³/mol. The predicted octanol–water partition coefficient (Wildman–Crippen LogP) is 3.75. The Kier molecular flexibility index (Phi) is 2.99. The van der Waals surface area contributed by atoms with E-state index in [1.807, 2.05) is 0 Å². The van der Waals surface area contributed by atoms with Crippen LogP contribution in [0.1, 0.15) is 60.8 Å². The highest BCUT2D eigenvalue weighted by Gasteiger charge is 2.50. The Balaban J connectivity index is 2.06. The van der Waals surface area contributed by atoms with Gasteiger partial charge in [0.15, 0.2) is 0 Å². The molecule has 0 aromatic carbocycles. The molecule has 1 saturated heterocycles. The van der Waals surface area contributed by atoms with Gasteiger partial charge >= 0.3 is 7.12 Å².